The lowest BCUT2D eigenvalue weighted by Gasteiger charge is -2.03. The van der Waals surface area contributed by atoms with E-state index in [2.05, 4.69) is 17.1 Å². The van der Waals surface area contributed by atoms with Crippen molar-refractivity contribution in [1.29, 1.82) is 0 Å². The van der Waals surface area contributed by atoms with Crippen molar-refractivity contribution in [2.24, 2.45) is 0 Å². The maximum absolute atomic E-state index is 5.56. The maximum Gasteiger partial charge on any atom is 0.247 e. The van der Waals surface area contributed by atoms with Crippen LogP contribution in [0, 0.1) is 6.92 Å². The van der Waals surface area contributed by atoms with Crippen LogP contribution in [0.25, 0.3) is 11.5 Å². The summed E-state index contributed by atoms with van der Waals surface area (Å²) in [6, 6.07) is 8.04. The summed E-state index contributed by atoms with van der Waals surface area (Å²) < 4.78 is 5.56. The molecule has 1 aromatic carbocycles. The predicted molar refractivity (Wildman–Crippen MR) is 61.9 cm³/mol. The third-order valence-corrected chi connectivity index (χ3v) is 2.22. The molecule has 4 heteroatoms. The molecule has 16 heavy (non-hydrogen) atoms. The average Bonchev–Trinajstić information content (AvgIpc) is 2.66. The minimum Gasteiger partial charge on any atom is -0.419 e. The lowest BCUT2D eigenvalue weighted by Crippen LogP contribution is -2.10. The first-order valence-electron chi connectivity index (χ1n) is 5.19. The number of rotatable bonds is 3. The molecule has 0 fully saturated rings. The van der Waals surface area contributed by atoms with Crippen LogP contribution in [-0.4, -0.2) is 29.2 Å². The Morgan fingerprint density at radius 3 is 2.44 bits per heavy atom. The second-order valence-electron chi connectivity index (χ2n) is 4.10. The first-order valence-corrected chi connectivity index (χ1v) is 5.19. The molecule has 1 heterocycles. The third-order valence-electron chi connectivity index (χ3n) is 2.22. The van der Waals surface area contributed by atoms with E-state index >= 15 is 0 Å². The van der Waals surface area contributed by atoms with Crippen LogP contribution in [-0.2, 0) is 6.54 Å². The van der Waals surface area contributed by atoms with Crippen LogP contribution in [0.1, 0.15) is 11.5 Å². The number of benzene rings is 1. The van der Waals surface area contributed by atoms with Crippen LogP contribution in [0.3, 0.4) is 0 Å². The van der Waals surface area contributed by atoms with Gasteiger partial charge in [-0.05, 0) is 33.2 Å². The molecule has 0 saturated heterocycles. The summed E-state index contributed by atoms with van der Waals surface area (Å²) >= 11 is 0. The van der Waals surface area contributed by atoms with Crippen molar-refractivity contribution in [2.45, 2.75) is 13.5 Å². The van der Waals surface area contributed by atoms with Crippen molar-refractivity contribution < 1.29 is 4.42 Å². The Morgan fingerprint density at radius 2 is 1.81 bits per heavy atom. The summed E-state index contributed by atoms with van der Waals surface area (Å²) in [4.78, 5) is 1.99. The topological polar surface area (TPSA) is 42.2 Å². The summed E-state index contributed by atoms with van der Waals surface area (Å²) in [5.74, 6) is 1.22. The zero-order valence-electron chi connectivity index (χ0n) is 9.77. The Kier molecular flexibility index (Phi) is 3.01. The van der Waals surface area contributed by atoms with Crippen molar-refractivity contribution >= 4 is 0 Å². The van der Waals surface area contributed by atoms with Crippen molar-refractivity contribution in [3.63, 3.8) is 0 Å². The van der Waals surface area contributed by atoms with Crippen LogP contribution in [0.15, 0.2) is 28.7 Å². The largest absolute Gasteiger partial charge is 0.419 e. The highest BCUT2D eigenvalue weighted by Crippen LogP contribution is 2.18. The van der Waals surface area contributed by atoms with Gasteiger partial charge in [-0.2, -0.15) is 0 Å². The Labute approximate surface area is 94.9 Å². The maximum atomic E-state index is 5.56. The van der Waals surface area contributed by atoms with Gasteiger partial charge < -0.3 is 9.32 Å². The molecule has 0 N–H and O–H groups in total. The molecule has 0 unspecified atom stereocenters. The minimum absolute atomic E-state index is 0.580. The smallest absolute Gasteiger partial charge is 0.247 e. The Balaban J connectivity index is 2.21. The summed E-state index contributed by atoms with van der Waals surface area (Å²) in [5.41, 5.74) is 2.18. The summed E-state index contributed by atoms with van der Waals surface area (Å²) in [6.07, 6.45) is 0. The quantitative estimate of drug-likeness (QED) is 0.789. The van der Waals surface area contributed by atoms with Gasteiger partial charge in [-0.1, -0.05) is 17.7 Å². The highest BCUT2D eigenvalue weighted by atomic mass is 16.4. The molecule has 2 aromatic rings. The molecule has 84 valence electrons. The van der Waals surface area contributed by atoms with Gasteiger partial charge in [0.15, 0.2) is 0 Å². The van der Waals surface area contributed by atoms with Crippen LogP contribution < -0.4 is 0 Å². The Hall–Kier alpha value is -1.68. The van der Waals surface area contributed by atoms with Gasteiger partial charge in [-0.15, -0.1) is 10.2 Å². The predicted octanol–water partition coefficient (Wildman–Crippen LogP) is 2.11. The minimum atomic E-state index is 0.580. The molecule has 0 spiro atoms. The van der Waals surface area contributed by atoms with E-state index in [0.717, 1.165) is 5.56 Å². The van der Waals surface area contributed by atoms with E-state index in [-0.39, 0.29) is 0 Å². The summed E-state index contributed by atoms with van der Waals surface area (Å²) in [6.45, 7) is 2.72. The highest BCUT2D eigenvalue weighted by Gasteiger charge is 2.08. The van der Waals surface area contributed by atoms with Crippen LogP contribution in [0.4, 0.5) is 0 Å². The molecule has 0 saturated carbocycles. The lowest BCUT2D eigenvalue weighted by atomic mass is 10.1. The number of aryl methyl sites for hydroxylation is 1. The van der Waals surface area contributed by atoms with Crippen LogP contribution in [0.2, 0.25) is 0 Å². The molecule has 0 bridgehead atoms. The van der Waals surface area contributed by atoms with Gasteiger partial charge in [0, 0.05) is 5.56 Å². The van der Waals surface area contributed by atoms with E-state index in [9.17, 15) is 0 Å². The zero-order chi connectivity index (χ0) is 11.5. The van der Waals surface area contributed by atoms with Gasteiger partial charge in [0.25, 0.3) is 0 Å². The average molecular weight is 217 g/mol. The number of aromatic nitrogens is 2. The molecule has 0 aliphatic rings. The number of nitrogens with zero attached hydrogens (tertiary/aromatic N) is 3. The normalized spacial score (nSPS) is 11.0. The molecule has 0 radical (unpaired) electrons. The fraction of sp³-hybridized carbons (Fsp3) is 0.333. The molecule has 0 atom stereocenters. The fourth-order valence-electron chi connectivity index (χ4n) is 1.40. The lowest BCUT2D eigenvalue weighted by molar-refractivity contribution is 0.344. The highest BCUT2D eigenvalue weighted by molar-refractivity contribution is 5.52. The molecule has 0 aliphatic heterocycles. The number of hydrogen-bond acceptors (Lipinski definition) is 4. The van der Waals surface area contributed by atoms with Crippen molar-refractivity contribution in [3.05, 3.63) is 35.7 Å². The van der Waals surface area contributed by atoms with Crippen LogP contribution in [0.5, 0.6) is 0 Å². The van der Waals surface area contributed by atoms with Crippen LogP contribution >= 0.6 is 0 Å². The molecule has 0 amide bonds. The van der Waals surface area contributed by atoms with E-state index in [0.29, 0.717) is 18.3 Å². The van der Waals surface area contributed by atoms with Crippen molar-refractivity contribution in [2.75, 3.05) is 14.1 Å². The van der Waals surface area contributed by atoms with E-state index in [4.69, 9.17) is 4.42 Å². The molecule has 4 nitrogen and oxygen atoms in total. The van der Waals surface area contributed by atoms with Gasteiger partial charge in [-0.3, -0.25) is 0 Å². The summed E-state index contributed by atoms with van der Waals surface area (Å²) in [5, 5.41) is 8.02. The first-order chi connectivity index (χ1) is 7.65. The molecule has 0 aliphatic carbocycles. The van der Waals surface area contributed by atoms with E-state index in [1.165, 1.54) is 5.56 Å². The zero-order valence-corrected chi connectivity index (χ0v) is 9.77. The van der Waals surface area contributed by atoms with E-state index < -0.39 is 0 Å². The molecule has 2 rings (SSSR count). The standard InChI is InChI=1S/C12H15N3O/c1-9-4-6-10(7-5-9)12-14-13-11(16-12)8-15(2)3/h4-7H,8H2,1-3H3. The van der Waals surface area contributed by atoms with Gasteiger partial charge in [0.2, 0.25) is 11.8 Å². The van der Waals surface area contributed by atoms with Crippen molar-refractivity contribution in [1.82, 2.24) is 15.1 Å². The second-order valence-corrected chi connectivity index (χ2v) is 4.10. The first kappa shape index (κ1) is 10.8. The molecular weight excluding hydrogens is 202 g/mol. The molecule has 1 aromatic heterocycles. The van der Waals surface area contributed by atoms with E-state index in [1.807, 2.05) is 43.3 Å². The number of hydrogen-bond donors (Lipinski definition) is 0. The van der Waals surface area contributed by atoms with Gasteiger partial charge in [0.05, 0.1) is 6.54 Å². The van der Waals surface area contributed by atoms with E-state index in [1.54, 1.807) is 0 Å². The second kappa shape index (κ2) is 4.45. The third kappa shape index (κ3) is 2.46. The Bertz CT molecular complexity index is 459. The Morgan fingerprint density at radius 1 is 1.12 bits per heavy atom. The fourth-order valence-corrected chi connectivity index (χ4v) is 1.40. The van der Waals surface area contributed by atoms with Gasteiger partial charge in [-0.25, -0.2) is 0 Å². The van der Waals surface area contributed by atoms with Crippen molar-refractivity contribution in [3.8, 4) is 11.5 Å². The SMILES string of the molecule is Cc1ccc(-c2nnc(CN(C)C)o2)cc1. The summed E-state index contributed by atoms with van der Waals surface area (Å²) in [7, 11) is 3.94. The van der Waals surface area contributed by atoms with Gasteiger partial charge >= 0.3 is 0 Å². The van der Waals surface area contributed by atoms with Gasteiger partial charge in [0.1, 0.15) is 0 Å². The monoisotopic (exact) mass is 217 g/mol. The molecular formula is C12H15N3O.